The van der Waals surface area contributed by atoms with E-state index >= 15 is 0 Å². The molecule has 0 heterocycles. The van der Waals surface area contributed by atoms with Gasteiger partial charge in [0.1, 0.15) is 5.60 Å². The number of aliphatic hydroxyl groups is 1. The molecule has 0 aromatic heterocycles. The number of nitro groups is 1. The quantitative estimate of drug-likeness (QED) is 0.579. The van der Waals surface area contributed by atoms with E-state index in [4.69, 9.17) is 0 Å². The first-order chi connectivity index (χ1) is 11.8. The van der Waals surface area contributed by atoms with Gasteiger partial charge in [0.2, 0.25) is 10.0 Å². The molecule has 1 aliphatic carbocycles. The van der Waals surface area contributed by atoms with Crippen molar-refractivity contribution < 1.29 is 18.4 Å². The molecule has 2 N–H and O–H groups in total. The Bertz CT molecular complexity index is 881. The number of hydrogen-bond acceptors (Lipinski definition) is 5. The van der Waals surface area contributed by atoms with Crippen LogP contribution in [0.15, 0.2) is 59.5 Å². The summed E-state index contributed by atoms with van der Waals surface area (Å²) in [6, 6.07) is 14.0. The molecule has 0 spiro atoms. The predicted molar refractivity (Wildman–Crippen MR) is 91.3 cm³/mol. The average Bonchev–Trinajstić information content (AvgIpc) is 3.46. The van der Waals surface area contributed by atoms with Crippen LogP contribution in [0.5, 0.6) is 0 Å². The molecule has 25 heavy (non-hydrogen) atoms. The molecule has 1 atom stereocenters. The van der Waals surface area contributed by atoms with Gasteiger partial charge in [-0.3, -0.25) is 10.1 Å². The number of sulfonamides is 1. The number of nitrogens with one attached hydrogen (secondary N) is 1. The van der Waals surface area contributed by atoms with Crippen LogP contribution in [0.1, 0.15) is 18.4 Å². The maximum Gasteiger partial charge on any atom is 0.289 e. The third kappa shape index (κ3) is 3.55. The van der Waals surface area contributed by atoms with E-state index in [1.165, 1.54) is 18.2 Å². The molecule has 0 amide bonds. The topological polar surface area (TPSA) is 110 Å². The Kier molecular flexibility index (Phi) is 4.59. The van der Waals surface area contributed by atoms with Gasteiger partial charge in [-0.15, -0.1) is 0 Å². The first-order valence-corrected chi connectivity index (χ1v) is 9.34. The third-order valence-electron chi connectivity index (χ3n) is 4.41. The zero-order valence-corrected chi connectivity index (χ0v) is 14.1. The van der Waals surface area contributed by atoms with E-state index < -0.39 is 31.1 Å². The van der Waals surface area contributed by atoms with Gasteiger partial charge >= 0.3 is 0 Å². The summed E-state index contributed by atoms with van der Waals surface area (Å²) < 4.78 is 27.5. The van der Waals surface area contributed by atoms with E-state index in [1.54, 1.807) is 24.3 Å². The lowest BCUT2D eigenvalue weighted by molar-refractivity contribution is -0.387. The van der Waals surface area contributed by atoms with Crippen LogP contribution in [0, 0.1) is 16.0 Å². The van der Waals surface area contributed by atoms with Gasteiger partial charge < -0.3 is 5.11 Å². The van der Waals surface area contributed by atoms with E-state index in [9.17, 15) is 23.6 Å². The Morgan fingerprint density at radius 3 is 2.32 bits per heavy atom. The fourth-order valence-corrected chi connectivity index (χ4v) is 4.13. The summed E-state index contributed by atoms with van der Waals surface area (Å²) >= 11 is 0. The van der Waals surface area contributed by atoms with Gasteiger partial charge in [0.05, 0.1) is 4.92 Å². The monoisotopic (exact) mass is 362 g/mol. The van der Waals surface area contributed by atoms with E-state index in [2.05, 4.69) is 4.72 Å². The van der Waals surface area contributed by atoms with E-state index in [0.717, 1.165) is 18.9 Å². The minimum absolute atomic E-state index is 0.0386. The number of para-hydroxylation sites is 1. The van der Waals surface area contributed by atoms with Gasteiger partial charge in [-0.1, -0.05) is 42.5 Å². The number of hydrogen-bond donors (Lipinski definition) is 2. The zero-order valence-electron chi connectivity index (χ0n) is 13.3. The summed E-state index contributed by atoms with van der Waals surface area (Å²) in [5.74, 6) is -0.0386. The fourth-order valence-electron chi connectivity index (χ4n) is 2.89. The molecule has 7 nitrogen and oxygen atoms in total. The molecule has 2 aromatic rings. The highest BCUT2D eigenvalue weighted by molar-refractivity contribution is 7.89. The molecule has 1 aliphatic rings. The highest BCUT2D eigenvalue weighted by atomic mass is 32.2. The normalized spacial score (nSPS) is 17.0. The smallest absolute Gasteiger partial charge is 0.289 e. The van der Waals surface area contributed by atoms with E-state index in [-0.39, 0.29) is 12.5 Å². The maximum atomic E-state index is 12.6. The summed E-state index contributed by atoms with van der Waals surface area (Å²) in [5, 5.41) is 22.1. The average molecular weight is 362 g/mol. The number of benzene rings is 2. The van der Waals surface area contributed by atoms with Crippen molar-refractivity contribution in [2.45, 2.75) is 23.3 Å². The minimum Gasteiger partial charge on any atom is -0.383 e. The van der Waals surface area contributed by atoms with Crippen LogP contribution in [-0.2, 0) is 15.6 Å². The van der Waals surface area contributed by atoms with Crippen molar-refractivity contribution in [3.8, 4) is 0 Å². The van der Waals surface area contributed by atoms with Gasteiger partial charge in [0.15, 0.2) is 4.90 Å². The molecule has 1 saturated carbocycles. The summed E-state index contributed by atoms with van der Waals surface area (Å²) in [6.07, 6.45) is 1.61. The Balaban J connectivity index is 1.88. The number of rotatable bonds is 7. The molecule has 1 fully saturated rings. The molecule has 8 heteroatoms. The predicted octanol–water partition coefficient (Wildman–Crippen LogP) is 2.17. The number of nitro benzene ring substituents is 1. The van der Waals surface area contributed by atoms with Gasteiger partial charge in [0.25, 0.3) is 5.69 Å². The second-order valence-electron chi connectivity index (χ2n) is 6.11. The fraction of sp³-hybridized carbons (Fsp3) is 0.294. The van der Waals surface area contributed by atoms with Crippen molar-refractivity contribution in [3.05, 3.63) is 70.3 Å². The molecule has 1 unspecified atom stereocenters. The standard InChI is InChI=1S/C17H18N2O5S/c20-17(14-10-11-14,13-6-2-1-3-7-13)12-18-25(23,24)16-9-5-4-8-15(16)19(21)22/h1-9,14,18,20H,10-12H2. The first kappa shape index (κ1) is 17.5. The summed E-state index contributed by atoms with van der Waals surface area (Å²) in [7, 11) is -4.13. The second kappa shape index (κ2) is 6.55. The first-order valence-electron chi connectivity index (χ1n) is 7.85. The molecule has 0 radical (unpaired) electrons. The zero-order chi connectivity index (χ0) is 18.1. The van der Waals surface area contributed by atoms with Gasteiger partial charge in [-0.2, -0.15) is 0 Å². The molecule has 0 aliphatic heterocycles. The Hall–Kier alpha value is -2.29. The Labute approximate surface area is 145 Å². The van der Waals surface area contributed by atoms with Crippen molar-refractivity contribution >= 4 is 15.7 Å². The van der Waals surface area contributed by atoms with Crippen LogP contribution in [0.2, 0.25) is 0 Å². The van der Waals surface area contributed by atoms with Crippen LogP contribution in [-0.4, -0.2) is 25.0 Å². The van der Waals surface area contributed by atoms with Crippen LogP contribution in [0.4, 0.5) is 5.69 Å². The van der Waals surface area contributed by atoms with Crippen molar-refractivity contribution in [2.75, 3.05) is 6.54 Å². The molecular formula is C17H18N2O5S. The molecular weight excluding hydrogens is 344 g/mol. The number of nitrogens with zero attached hydrogens (tertiary/aromatic N) is 1. The minimum atomic E-state index is -4.13. The van der Waals surface area contributed by atoms with Gasteiger partial charge in [-0.25, -0.2) is 13.1 Å². The molecule has 132 valence electrons. The van der Waals surface area contributed by atoms with Crippen LogP contribution >= 0.6 is 0 Å². The largest absolute Gasteiger partial charge is 0.383 e. The van der Waals surface area contributed by atoms with Crippen LogP contribution < -0.4 is 4.72 Å². The van der Waals surface area contributed by atoms with Crippen molar-refractivity contribution in [1.29, 1.82) is 0 Å². The van der Waals surface area contributed by atoms with Crippen molar-refractivity contribution in [3.63, 3.8) is 0 Å². The SMILES string of the molecule is O=[N+]([O-])c1ccccc1S(=O)(=O)NCC(O)(c1ccccc1)C1CC1. The van der Waals surface area contributed by atoms with Gasteiger partial charge in [-0.05, 0) is 30.4 Å². The molecule has 2 aromatic carbocycles. The summed E-state index contributed by atoms with van der Waals surface area (Å²) in [4.78, 5) is 9.93. The lowest BCUT2D eigenvalue weighted by atomic mass is 9.89. The third-order valence-corrected chi connectivity index (χ3v) is 5.86. The van der Waals surface area contributed by atoms with Crippen molar-refractivity contribution in [1.82, 2.24) is 4.72 Å². The highest BCUT2D eigenvalue weighted by Gasteiger charge is 2.45. The van der Waals surface area contributed by atoms with Crippen LogP contribution in [0.3, 0.4) is 0 Å². The summed E-state index contributed by atoms with van der Waals surface area (Å²) in [6.45, 7) is -0.240. The van der Waals surface area contributed by atoms with E-state index in [0.29, 0.717) is 5.56 Å². The maximum absolute atomic E-state index is 12.6. The molecule has 3 rings (SSSR count). The second-order valence-corrected chi connectivity index (χ2v) is 7.85. The lowest BCUT2D eigenvalue weighted by Crippen LogP contribution is -2.42. The summed E-state index contributed by atoms with van der Waals surface area (Å²) in [5.41, 5.74) is -1.20. The van der Waals surface area contributed by atoms with Crippen LogP contribution in [0.25, 0.3) is 0 Å². The Morgan fingerprint density at radius 2 is 1.72 bits per heavy atom. The molecule has 0 bridgehead atoms. The van der Waals surface area contributed by atoms with Gasteiger partial charge in [0, 0.05) is 12.6 Å². The highest BCUT2D eigenvalue weighted by Crippen LogP contribution is 2.45. The van der Waals surface area contributed by atoms with E-state index in [1.807, 2.05) is 6.07 Å². The Morgan fingerprint density at radius 1 is 1.12 bits per heavy atom. The lowest BCUT2D eigenvalue weighted by Gasteiger charge is -2.29. The molecule has 0 saturated heterocycles. The van der Waals surface area contributed by atoms with Crippen molar-refractivity contribution in [2.24, 2.45) is 5.92 Å².